The van der Waals surface area contributed by atoms with E-state index in [0.29, 0.717) is 5.69 Å². The van der Waals surface area contributed by atoms with Crippen molar-refractivity contribution in [3.8, 4) is 0 Å². The van der Waals surface area contributed by atoms with Gasteiger partial charge in [-0.2, -0.15) is 0 Å². The largest absolute Gasteiger partial charge is 0.326 e. The number of carbonyl (C=O) groups excluding carboxylic acids is 2. The average Bonchev–Trinajstić information content (AvgIpc) is 2.81. The van der Waals surface area contributed by atoms with Crippen LogP contribution in [0.15, 0.2) is 36.4 Å². The Bertz CT molecular complexity index is 759. The standard InChI is InChI=1S/C15H10F2N2O2/c16-10-3-4-11(17)13(7-10)19-15(21)9-2-1-8-6-14(20)18-12(8)5-9/h1-5,7H,6H2,(H,18,20)(H,19,21). The second-order valence-electron chi connectivity index (χ2n) is 4.68. The Hall–Kier alpha value is -2.76. The molecule has 21 heavy (non-hydrogen) atoms. The molecule has 0 fully saturated rings. The Morgan fingerprint density at radius 1 is 1.14 bits per heavy atom. The van der Waals surface area contributed by atoms with Crippen LogP contribution in [0.2, 0.25) is 0 Å². The molecule has 0 unspecified atom stereocenters. The van der Waals surface area contributed by atoms with Crippen molar-refractivity contribution >= 4 is 23.2 Å². The molecule has 6 heteroatoms. The summed E-state index contributed by atoms with van der Waals surface area (Å²) >= 11 is 0. The zero-order valence-corrected chi connectivity index (χ0v) is 10.7. The van der Waals surface area contributed by atoms with Gasteiger partial charge in [-0.1, -0.05) is 6.07 Å². The minimum Gasteiger partial charge on any atom is -0.326 e. The monoisotopic (exact) mass is 288 g/mol. The number of hydrogen-bond donors (Lipinski definition) is 2. The number of halogens is 2. The van der Waals surface area contributed by atoms with Crippen LogP contribution >= 0.6 is 0 Å². The Morgan fingerprint density at radius 3 is 2.76 bits per heavy atom. The second kappa shape index (κ2) is 4.97. The Labute approximate surface area is 118 Å². The first kappa shape index (κ1) is 13.2. The van der Waals surface area contributed by atoms with E-state index >= 15 is 0 Å². The van der Waals surface area contributed by atoms with Crippen molar-refractivity contribution in [3.05, 3.63) is 59.2 Å². The highest BCUT2D eigenvalue weighted by Crippen LogP contribution is 2.25. The lowest BCUT2D eigenvalue weighted by atomic mass is 10.1. The number of nitrogens with one attached hydrogen (secondary N) is 2. The summed E-state index contributed by atoms with van der Waals surface area (Å²) in [4.78, 5) is 23.3. The minimum atomic E-state index is -0.723. The maximum absolute atomic E-state index is 13.5. The fourth-order valence-electron chi connectivity index (χ4n) is 2.14. The maximum Gasteiger partial charge on any atom is 0.255 e. The number of amides is 2. The van der Waals surface area contributed by atoms with Crippen LogP contribution < -0.4 is 10.6 Å². The molecule has 2 aromatic rings. The van der Waals surface area contributed by atoms with Gasteiger partial charge >= 0.3 is 0 Å². The molecule has 2 amide bonds. The molecule has 0 atom stereocenters. The topological polar surface area (TPSA) is 58.2 Å². The predicted molar refractivity (Wildman–Crippen MR) is 73.1 cm³/mol. The highest BCUT2D eigenvalue weighted by molar-refractivity contribution is 6.07. The molecule has 3 rings (SSSR count). The van der Waals surface area contributed by atoms with Crippen LogP contribution in [0.1, 0.15) is 15.9 Å². The number of benzene rings is 2. The third-order valence-corrected chi connectivity index (χ3v) is 3.17. The number of hydrogen-bond acceptors (Lipinski definition) is 2. The van der Waals surface area contributed by atoms with Crippen molar-refractivity contribution in [1.29, 1.82) is 0 Å². The molecule has 0 saturated carbocycles. The quantitative estimate of drug-likeness (QED) is 0.892. The molecule has 1 aliphatic rings. The first-order valence-electron chi connectivity index (χ1n) is 6.22. The van der Waals surface area contributed by atoms with Gasteiger partial charge in [0.25, 0.3) is 5.91 Å². The molecule has 0 saturated heterocycles. The lowest BCUT2D eigenvalue weighted by Gasteiger charge is -2.08. The van der Waals surface area contributed by atoms with Crippen LogP contribution in [0.25, 0.3) is 0 Å². The van der Waals surface area contributed by atoms with Crippen LogP contribution in [0.3, 0.4) is 0 Å². The van der Waals surface area contributed by atoms with Gasteiger partial charge in [-0.05, 0) is 29.8 Å². The third-order valence-electron chi connectivity index (χ3n) is 3.17. The molecule has 0 radical (unpaired) electrons. The maximum atomic E-state index is 13.5. The van der Waals surface area contributed by atoms with Crippen molar-refractivity contribution in [2.75, 3.05) is 10.6 Å². The van der Waals surface area contributed by atoms with Crippen LogP contribution in [0.5, 0.6) is 0 Å². The molecule has 2 aromatic carbocycles. The molecule has 0 aliphatic carbocycles. The van der Waals surface area contributed by atoms with Crippen LogP contribution in [0, 0.1) is 11.6 Å². The van der Waals surface area contributed by atoms with E-state index < -0.39 is 17.5 Å². The predicted octanol–water partition coefficient (Wildman–Crippen LogP) is 2.71. The summed E-state index contributed by atoms with van der Waals surface area (Å²) in [7, 11) is 0. The van der Waals surface area contributed by atoms with E-state index in [0.717, 1.165) is 23.8 Å². The molecule has 0 bridgehead atoms. The van der Waals surface area contributed by atoms with Crippen molar-refractivity contribution < 1.29 is 18.4 Å². The first-order valence-corrected chi connectivity index (χ1v) is 6.22. The van der Waals surface area contributed by atoms with E-state index in [1.54, 1.807) is 6.07 Å². The molecule has 4 nitrogen and oxygen atoms in total. The van der Waals surface area contributed by atoms with Crippen molar-refractivity contribution in [1.82, 2.24) is 0 Å². The van der Waals surface area contributed by atoms with E-state index in [1.165, 1.54) is 12.1 Å². The molecule has 1 aliphatic heterocycles. The van der Waals surface area contributed by atoms with Gasteiger partial charge in [0.1, 0.15) is 11.6 Å². The highest BCUT2D eigenvalue weighted by atomic mass is 19.1. The van der Waals surface area contributed by atoms with E-state index in [1.807, 2.05) is 0 Å². The summed E-state index contributed by atoms with van der Waals surface area (Å²) in [6.07, 6.45) is 0.274. The average molecular weight is 288 g/mol. The van der Waals surface area contributed by atoms with Crippen molar-refractivity contribution in [3.63, 3.8) is 0 Å². The fourth-order valence-corrected chi connectivity index (χ4v) is 2.14. The summed E-state index contributed by atoms with van der Waals surface area (Å²) in [5, 5.41) is 4.93. The lowest BCUT2D eigenvalue weighted by molar-refractivity contribution is -0.115. The van der Waals surface area contributed by atoms with Crippen LogP contribution in [-0.2, 0) is 11.2 Å². The van der Waals surface area contributed by atoms with Gasteiger partial charge in [0.2, 0.25) is 5.91 Å². The van der Waals surface area contributed by atoms with Gasteiger partial charge in [-0.15, -0.1) is 0 Å². The molecular formula is C15H10F2N2O2. The zero-order chi connectivity index (χ0) is 15.0. The van der Waals surface area contributed by atoms with E-state index in [9.17, 15) is 18.4 Å². The van der Waals surface area contributed by atoms with E-state index in [4.69, 9.17) is 0 Å². The van der Waals surface area contributed by atoms with E-state index in [2.05, 4.69) is 10.6 Å². The minimum absolute atomic E-state index is 0.140. The highest BCUT2D eigenvalue weighted by Gasteiger charge is 2.19. The van der Waals surface area contributed by atoms with Crippen LogP contribution in [-0.4, -0.2) is 11.8 Å². The number of fused-ring (bicyclic) bond motifs is 1. The van der Waals surface area contributed by atoms with Gasteiger partial charge in [0.05, 0.1) is 12.1 Å². The summed E-state index contributed by atoms with van der Waals surface area (Å²) in [5.41, 5.74) is 1.38. The summed E-state index contributed by atoms with van der Waals surface area (Å²) in [5.74, 6) is -2.09. The van der Waals surface area contributed by atoms with Crippen molar-refractivity contribution in [2.24, 2.45) is 0 Å². The normalized spacial score (nSPS) is 12.8. The SMILES string of the molecule is O=C1Cc2ccc(C(=O)Nc3cc(F)ccc3F)cc2N1. The lowest BCUT2D eigenvalue weighted by Crippen LogP contribution is -2.13. The van der Waals surface area contributed by atoms with E-state index in [-0.39, 0.29) is 23.6 Å². The van der Waals surface area contributed by atoms with Crippen LogP contribution in [0.4, 0.5) is 20.2 Å². The Balaban J connectivity index is 1.85. The molecule has 2 N–H and O–H groups in total. The van der Waals surface area contributed by atoms with Gasteiger partial charge in [-0.3, -0.25) is 9.59 Å². The zero-order valence-electron chi connectivity index (χ0n) is 10.7. The smallest absolute Gasteiger partial charge is 0.255 e. The van der Waals surface area contributed by atoms with Gasteiger partial charge in [0, 0.05) is 17.3 Å². The second-order valence-corrected chi connectivity index (χ2v) is 4.68. The molecule has 1 heterocycles. The Morgan fingerprint density at radius 2 is 1.95 bits per heavy atom. The molecule has 0 aromatic heterocycles. The fraction of sp³-hybridized carbons (Fsp3) is 0.0667. The first-order chi connectivity index (χ1) is 10.0. The van der Waals surface area contributed by atoms with Crippen molar-refractivity contribution in [2.45, 2.75) is 6.42 Å². The summed E-state index contributed by atoms with van der Waals surface area (Å²) in [6, 6.07) is 7.51. The number of rotatable bonds is 2. The molecule has 0 spiro atoms. The van der Waals surface area contributed by atoms with Gasteiger partial charge in [-0.25, -0.2) is 8.78 Å². The molecule has 106 valence electrons. The summed E-state index contributed by atoms with van der Waals surface area (Å²) in [6.45, 7) is 0. The van der Waals surface area contributed by atoms with Gasteiger partial charge < -0.3 is 10.6 Å². The van der Waals surface area contributed by atoms with Gasteiger partial charge in [0.15, 0.2) is 0 Å². The number of anilines is 2. The number of carbonyl (C=O) groups is 2. The Kier molecular flexibility index (Phi) is 3.13. The molecular weight excluding hydrogens is 278 g/mol. The third kappa shape index (κ3) is 2.60. The summed E-state index contributed by atoms with van der Waals surface area (Å²) < 4.78 is 26.5.